The Labute approximate surface area is 156 Å². The van der Waals surface area contributed by atoms with Crippen LogP contribution < -0.4 is 14.8 Å². The van der Waals surface area contributed by atoms with Crippen LogP contribution in [0.3, 0.4) is 0 Å². The van der Waals surface area contributed by atoms with Crippen LogP contribution in [0.25, 0.3) is 11.4 Å². The highest BCUT2D eigenvalue weighted by Gasteiger charge is 2.13. The van der Waals surface area contributed by atoms with Crippen LogP contribution in [0.2, 0.25) is 0 Å². The lowest BCUT2D eigenvalue weighted by molar-refractivity contribution is -0.121. The molecule has 8 heteroatoms. The fraction of sp³-hybridized carbons (Fsp3) is 0.263. The summed E-state index contributed by atoms with van der Waals surface area (Å²) in [6, 6.07) is 9.17. The third-order valence-corrected chi connectivity index (χ3v) is 3.91. The number of hydrogen-bond acceptors (Lipinski definition) is 7. The molecule has 0 unspecified atom stereocenters. The Balaban J connectivity index is 1.53. The second kappa shape index (κ2) is 8.79. The molecule has 2 aromatic heterocycles. The van der Waals surface area contributed by atoms with Crippen molar-refractivity contribution in [3.8, 4) is 22.9 Å². The Morgan fingerprint density at radius 1 is 1.19 bits per heavy atom. The number of aryl methyl sites for hydroxylation is 1. The standard InChI is InChI=1S/C19H20N4O4/c1-25-15-7-3-5-13(18(15)26-2)12-21-16(24)8-9-17-22-19(23-27-17)14-6-4-10-20-11-14/h3-7,10-11H,8-9,12H2,1-2H3,(H,21,24). The second-order valence-corrected chi connectivity index (χ2v) is 5.68. The van der Waals surface area contributed by atoms with Crippen molar-refractivity contribution >= 4 is 5.91 Å². The van der Waals surface area contributed by atoms with Gasteiger partial charge in [-0.15, -0.1) is 0 Å². The molecule has 27 heavy (non-hydrogen) atoms. The minimum atomic E-state index is -0.124. The fourth-order valence-corrected chi connectivity index (χ4v) is 2.56. The van der Waals surface area contributed by atoms with E-state index in [0.717, 1.165) is 11.1 Å². The van der Waals surface area contributed by atoms with E-state index in [0.29, 0.717) is 36.2 Å². The van der Waals surface area contributed by atoms with Crippen molar-refractivity contribution in [1.82, 2.24) is 20.4 Å². The minimum Gasteiger partial charge on any atom is -0.493 e. The first-order chi connectivity index (χ1) is 13.2. The Kier molecular flexibility index (Phi) is 5.98. The van der Waals surface area contributed by atoms with Crippen LogP contribution in [0.1, 0.15) is 17.9 Å². The van der Waals surface area contributed by atoms with Crippen molar-refractivity contribution in [2.75, 3.05) is 14.2 Å². The summed E-state index contributed by atoms with van der Waals surface area (Å²) in [5.74, 6) is 1.97. The zero-order valence-corrected chi connectivity index (χ0v) is 15.1. The molecule has 3 rings (SSSR count). The smallest absolute Gasteiger partial charge is 0.227 e. The highest BCUT2D eigenvalue weighted by molar-refractivity contribution is 5.76. The monoisotopic (exact) mass is 368 g/mol. The maximum absolute atomic E-state index is 12.1. The molecule has 0 saturated carbocycles. The number of benzene rings is 1. The van der Waals surface area contributed by atoms with Crippen molar-refractivity contribution in [2.45, 2.75) is 19.4 Å². The molecule has 0 atom stereocenters. The van der Waals surface area contributed by atoms with E-state index in [1.54, 1.807) is 38.7 Å². The maximum atomic E-state index is 12.1. The molecular formula is C19H20N4O4. The maximum Gasteiger partial charge on any atom is 0.227 e. The number of aromatic nitrogens is 3. The number of carbonyl (C=O) groups excluding carboxylic acids is 1. The molecule has 140 valence electrons. The van der Waals surface area contributed by atoms with Crippen LogP contribution >= 0.6 is 0 Å². The SMILES string of the molecule is COc1cccc(CNC(=O)CCc2nc(-c3cccnc3)no2)c1OC. The largest absolute Gasteiger partial charge is 0.493 e. The zero-order valence-electron chi connectivity index (χ0n) is 15.1. The molecule has 0 radical (unpaired) electrons. The van der Waals surface area contributed by atoms with Gasteiger partial charge in [0.05, 0.1) is 14.2 Å². The fourth-order valence-electron chi connectivity index (χ4n) is 2.56. The number of nitrogens with one attached hydrogen (secondary N) is 1. The molecule has 1 N–H and O–H groups in total. The Morgan fingerprint density at radius 2 is 2.07 bits per heavy atom. The first-order valence-corrected chi connectivity index (χ1v) is 8.41. The number of carbonyl (C=O) groups is 1. The highest BCUT2D eigenvalue weighted by Crippen LogP contribution is 2.30. The molecule has 1 aromatic carbocycles. The van der Waals surface area contributed by atoms with E-state index in [1.807, 2.05) is 18.2 Å². The predicted molar refractivity (Wildman–Crippen MR) is 97.2 cm³/mol. The Bertz CT molecular complexity index is 896. The summed E-state index contributed by atoms with van der Waals surface area (Å²) >= 11 is 0. The van der Waals surface area contributed by atoms with Gasteiger partial charge in [0.2, 0.25) is 17.6 Å². The molecule has 0 aliphatic carbocycles. The van der Waals surface area contributed by atoms with Gasteiger partial charge in [0, 0.05) is 42.9 Å². The lowest BCUT2D eigenvalue weighted by Gasteiger charge is -2.13. The van der Waals surface area contributed by atoms with Gasteiger partial charge in [-0.25, -0.2) is 0 Å². The van der Waals surface area contributed by atoms with E-state index in [4.69, 9.17) is 14.0 Å². The minimum absolute atomic E-state index is 0.124. The van der Waals surface area contributed by atoms with E-state index in [1.165, 1.54) is 0 Å². The number of rotatable bonds is 8. The average molecular weight is 368 g/mol. The van der Waals surface area contributed by atoms with Gasteiger partial charge in [-0.1, -0.05) is 17.3 Å². The van der Waals surface area contributed by atoms with Gasteiger partial charge in [0.15, 0.2) is 11.5 Å². The summed E-state index contributed by atoms with van der Waals surface area (Å²) in [5.41, 5.74) is 1.60. The first kappa shape index (κ1) is 18.4. The number of amides is 1. The van der Waals surface area contributed by atoms with Crippen LogP contribution in [0.4, 0.5) is 0 Å². The number of nitrogens with zero attached hydrogens (tertiary/aromatic N) is 3. The molecule has 1 amide bonds. The van der Waals surface area contributed by atoms with Gasteiger partial charge >= 0.3 is 0 Å². The van der Waals surface area contributed by atoms with Crippen LogP contribution in [-0.2, 0) is 17.8 Å². The van der Waals surface area contributed by atoms with Crippen LogP contribution in [0.15, 0.2) is 47.2 Å². The van der Waals surface area contributed by atoms with E-state index in [2.05, 4.69) is 20.4 Å². The van der Waals surface area contributed by atoms with Gasteiger partial charge in [-0.2, -0.15) is 4.98 Å². The highest BCUT2D eigenvalue weighted by atomic mass is 16.5. The van der Waals surface area contributed by atoms with E-state index < -0.39 is 0 Å². The summed E-state index contributed by atoms with van der Waals surface area (Å²) in [4.78, 5) is 20.4. The summed E-state index contributed by atoms with van der Waals surface area (Å²) in [6.07, 6.45) is 3.92. The lowest BCUT2D eigenvalue weighted by Crippen LogP contribution is -2.23. The number of methoxy groups -OCH3 is 2. The van der Waals surface area contributed by atoms with Crippen LogP contribution in [0.5, 0.6) is 11.5 Å². The summed E-state index contributed by atoms with van der Waals surface area (Å²) in [6.45, 7) is 0.337. The normalized spacial score (nSPS) is 10.4. The van der Waals surface area contributed by atoms with Crippen molar-refractivity contribution < 1.29 is 18.8 Å². The van der Waals surface area contributed by atoms with Crippen LogP contribution in [0, 0.1) is 0 Å². The summed E-state index contributed by atoms with van der Waals surface area (Å²) < 4.78 is 15.8. The number of pyridine rings is 1. The molecule has 3 aromatic rings. The van der Waals surface area contributed by atoms with E-state index >= 15 is 0 Å². The van der Waals surface area contributed by atoms with Crippen molar-refractivity contribution in [1.29, 1.82) is 0 Å². The summed E-state index contributed by atoms with van der Waals surface area (Å²) in [5, 5.41) is 6.77. The number of para-hydroxylation sites is 1. The van der Waals surface area contributed by atoms with Gasteiger partial charge < -0.3 is 19.3 Å². The van der Waals surface area contributed by atoms with Gasteiger partial charge in [-0.05, 0) is 18.2 Å². The van der Waals surface area contributed by atoms with Gasteiger partial charge in [0.1, 0.15) is 0 Å². The van der Waals surface area contributed by atoms with Gasteiger partial charge in [-0.3, -0.25) is 9.78 Å². The van der Waals surface area contributed by atoms with E-state index in [-0.39, 0.29) is 12.3 Å². The molecule has 0 saturated heterocycles. The zero-order chi connectivity index (χ0) is 19.1. The third-order valence-electron chi connectivity index (χ3n) is 3.91. The van der Waals surface area contributed by atoms with Crippen molar-refractivity contribution in [3.05, 3.63) is 54.2 Å². The Morgan fingerprint density at radius 3 is 2.81 bits per heavy atom. The summed E-state index contributed by atoms with van der Waals surface area (Å²) in [7, 11) is 3.14. The van der Waals surface area contributed by atoms with Gasteiger partial charge in [0.25, 0.3) is 0 Å². The average Bonchev–Trinajstić information content (AvgIpc) is 3.20. The molecule has 0 fully saturated rings. The topological polar surface area (TPSA) is 99.4 Å². The lowest BCUT2D eigenvalue weighted by atomic mass is 10.1. The second-order valence-electron chi connectivity index (χ2n) is 5.68. The number of ether oxygens (including phenoxy) is 2. The number of hydrogen-bond donors (Lipinski definition) is 1. The quantitative estimate of drug-likeness (QED) is 0.652. The molecule has 2 heterocycles. The molecule has 0 bridgehead atoms. The molecule has 0 spiro atoms. The molecule has 8 nitrogen and oxygen atoms in total. The first-order valence-electron chi connectivity index (χ1n) is 8.41. The molecule has 0 aliphatic heterocycles. The van der Waals surface area contributed by atoms with Crippen molar-refractivity contribution in [3.63, 3.8) is 0 Å². The third kappa shape index (κ3) is 4.60. The molecule has 0 aliphatic rings. The molecular weight excluding hydrogens is 348 g/mol. The Hall–Kier alpha value is -3.42. The van der Waals surface area contributed by atoms with E-state index in [9.17, 15) is 4.79 Å². The van der Waals surface area contributed by atoms with Crippen LogP contribution in [-0.4, -0.2) is 35.3 Å². The van der Waals surface area contributed by atoms with Crippen molar-refractivity contribution in [2.24, 2.45) is 0 Å². The predicted octanol–water partition coefficient (Wildman–Crippen LogP) is 2.40.